The number of carbonyl (C=O) groups is 3. The number of likely N-dealkylation sites (tertiary alicyclic amines) is 1. The van der Waals surface area contributed by atoms with E-state index in [0.29, 0.717) is 13.0 Å². The number of hydrogen-bond donors (Lipinski definition) is 1. The van der Waals surface area contributed by atoms with E-state index in [4.69, 9.17) is 14.2 Å². The number of benzene rings is 2. The molecular weight excluding hydrogens is 472 g/mol. The predicted octanol–water partition coefficient (Wildman–Crippen LogP) is 4.60. The fourth-order valence-corrected chi connectivity index (χ4v) is 4.38. The summed E-state index contributed by atoms with van der Waals surface area (Å²) >= 11 is 0. The standard InChI is InChI=1S/C29H38N2O6/c1-7-15-35-27(33)24-16-22(36-18-21-13-10-12-20-11-8-9-14-23(20)21)17-31(24)26(32)25(19(2)3)30-28(34)37-29(4,5)6/h7-14,19,22,24-25H,1,15-18H2,2-6H3,(H,30,34). The Bertz CT molecular complexity index is 1120. The molecule has 8 heteroatoms. The zero-order valence-corrected chi connectivity index (χ0v) is 22.4. The highest BCUT2D eigenvalue weighted by molar-refractivity contribution is 5.90. The second-order valence-corrected chi connectivity index (χ2v) is 10.6. The van der Waals surface area contributed by atoms with E-state index in [1.165, 1.54) is 11.0 Å². The second kappa shape index (κ2) is 12.2. The number of alkyl carbamates (subject to hydrolysis) is 1. The number of rotatable bonds is 9. The van der Waals surface area contributed by atoms with Gasteiger partial charge >= 0.3 is 12.1 Å². The fraction of sp³-hybridized carbons (Fsp3) is 0.483. The Balaban J connectivity index is 1.77. The highest BCUT2D eigenvalue weighted by Crippen LogP contribution is 2.26. The van der Waals surface area contributed by atoms with Crippen molar-refractivity contribution in [2.24, 2.45) is 5.92 Å². The quantitative estimate of drug-likeness (QED) is 0.391. The first-order chi connectivity index (χ1) is 17.5. The lowest BCUT2D eigenvalue weighted by molar-refractivity contribution is -0.153. The lowest BCUT2D eigenvalue weighted by Crippen LogP contribution is -2.54. The molecule has 2 aromatic rings. The summed E-state index contributed by atoms with van der Waals surface area (Å²) in [5.41, 5.74) is 0.320. The van der Waals surface area contributed by atoms with Gasteiger partial charge in [0.1, 0.15) is 24.3 Å². The molecule has 3 rings (SSSR count). The molecule has 1 saturated heterocycles. The minimum atomic E-state index is -0.874. The smallest absolute Gasteiger partial charge is 0.408 e. The van der Waals surface area contributed by atoms with Crippen molar-refractivity contribution in [1.29, 1.82) is 0 Å². The van der Waals surface area contributed by atoms with Crippen LogP contribution in [0, 0.1) is 5.92 Å². The Morgan fingerprint density at radius 1 is 1.14 bits per heavy atom. The van der Waals surface area contributed by atoms with Gasteiger partial charge in [0.15, 0.2) is 0 Å². The summed E-state index contributed by atoms with van der Waals surface area (Å²) in [5.74, 6) is -1.14. The molecule has 0 aromatic heterocycles. The van der Waals surface area contributed by atoms with Crippen molar-refractivity contribution in [3.8, 4) is 0 Å². The molecule has 0 radical (unpaired) electrons. The van der Waals surface area contributed by atoms with E-state index in [9.17, 15) is 14.4 Å². The van der Waals surface area contributed by atoms with Crippen molar-refractivity contribution in [3.63, 3.8) is 0 Å². The van der Waals surface area contributed by atoms with Crippen LogP contribution < -0.4 is 5.32 Å². The Morgan fingerprint density at radius 3 is 2.51 bits per heavy atom. The molecule has 2 aromatic carbocycles. The average molecular weight is 511 g/mol. The number of hydrogen-bond acceptors (Lipinski definition) is 6. The van der Waals surface area contributed by atoms with E-state index in [0.717, 1.165) is 16.3 Å². The van der Waals surface area contributed by atoms with Crippen molar-refractivity contribution in [1.82, 2.24) is 10.2 Å². The molecular formula is C29H38N2O6. The van der Waals surface area contributed by atoms with Gasteiger partial charge in [0.05, 0.1) is 12.7 Å². The minimum absolute atomic E-state index is 0.0443. The predicted molar refractivity (Wildman–Crippen MR) is 142 cm³/mol. The number of fused-ring (bicyclic) bond motifs is 1. The first kappa shape index (κ1) is 28.2. The normalized spacial score (nSPS) is 18.5. The maximum absolute atomic E-state index is 13.6. The first-order valence-corrected chi connectivity index (χ1v) is 12.7. The van der Waals surface area contributed by atoms with Crippen molar-refractivity contribution in [2.45, 2.75) is 71.4 Å². The van der Waals surface area contributed by atoms with Crippen LogP contribution in [0.1, 0.15) is 46.6 Å². The molecule has 3 unspecified atom stereocenters. The van der Waals surface area contributed by atoms with E-state index >= 15 is 0 Å². The van der Waals surface area contributed by atoms with E-state index in [1.54, 1.807) is 20.8 Å². The number of esters is 1. The zero-order chi connectivity index (χ0) is 27.2. The van der Waals surface area contributed by atoms with Crippen LogP contribution in [0.15, 0.2) is 55.1 Å². The number of nitrogens with zero attached hydrogens (tertiary/aromatic N) is 1. The summed E-state index contributed by atoms with van der Waals surface area (Å²) in [6.45, 7) is 13.1. The molecule has 1 fully saturated rings. The van der Waals surface area contributed by atoms with E-state index in [1.807, 2.05) is 56.3 Å². The van der Waals surface area contributed by atoms with Gasteiger partial charge in [-0.1, -0.05) is 69.0 Å². The lowest BCUT2D eigenvalue weighted by Gasteiger charge is -2.30. The van der Waals surface area contributed by atoms with Gasteiger partial charge in [0.2, 0.25) is 5.91 Å². The molecule has 3 atom stereocenters. The Hall–Kier alpha value is -3.39. The summed E-state index contributed by atoms with van der Waals surface area (Å²) in [7, 11) is 0. The van der Waals surface area contributed by atoms with Crippen LogP contribution in [-0.2, 0) is 30.4 Å². The lowest BCUT2D eigenvalue weighted by atomic mass is 10.0. The molecule has 0 saturated carbocycles. The van der Waals surface area contributed by atoms with Gasteiger partial charge in [0.25, 0.3) is 0 Å². The monoisotopic (exact) mass is 510 g/mol. The van der Waals surface area contributed by atoms with Crippen LogP contribution in [0.4, 0.5) is 4.79 Å². The van der Waals surface area contributed by atoms with Crippen molar-refractivity contribution in [2.75, 3.05) is 13.2 Å². The molecule has 0 bridgehead atoms. The van der Waals surface area contributed by atoms with E-state index < -0.39 is 29.7 Å². The third-order valence-corrected chi connectivity index (χ3v) is 6.12. The zero-order valence-electron chi connectivity index (χ0n) is 22.4. The highest BCUT2D eigenvalue weighted by atomic mass is 16.6. The van der Waals surface area contributed by atoms with Crippen LogP contribution in [-0.4, -0.2) is 59.8 Å². The average Bonchev–Trinajstić information content (AvgIpc) is 3.27. The second-order valence-electron chi connectivity index (χ2n) is 10.6. The summed E-state index contributed by atoms with van der Waals surface area (Å²) in [4.78, 5) is 40.4. The van der Waals surface area contributed by atoms with Crippen LogP contribution in [0.5, 0.6) is 0 Å². The van der Waals surface area contributed by atoms with Gasteiger partial charge in [-0.3, -0.25) is 4.79 Å². The Kier molecular flexibility index (Phi) is 9.32. The third kappa shape index (κ3) is 7.55. The van der Waals surface area contributed by atoms with E-state index in [2.05, 4.69) is 11.9 Å². The van der Waals surface area contributed by atoms with Crippen LogP contribution in [0.2, 0.25) is 0 Å². The van der Waals surface area contributed by atoms with Gasteiger partial charge in [-0.15, -0.1) is 0 Å². The van der Waals surface area contributed by atoms with Crippen molar-refractivity contribution < 1.29 is 28.6 Å². The molecule has 0 spiro atoms. The largest absolute Gasteiger partial charge is 0.460 e. The summed E-state index contributed by atoms with van der Waals surface area (Å²) in [6, 6.07) is 12.4. The van der Waals surface area contributed by atoms with Gasteiger partial charge in [0, 0.05) is 13.0 Å². The molecule has 200 valence electrons. The molecule has 1 aliphatic heterocycles. The van der Waals surface area contributed by atoms with Gasteiger partial charge in [-0.2, -0.15) is 0 Å². The summed E-state index contributed by atoms with van der Waals surface area (Å²) < 4.78 is 16.9. The SMILES string of the molecule is C=CCOC(=O)C1CC(OCc2cccc3ccccc23)CN1C(=O)C(NC(=O)OC(C)(C)C)C(C)C. The number of nitrogens with one attached hydrogen (secondary N) is 1. The summed E-state index contributed by atoms with van der Waals surface area (Å²) in [6.07, 6.45) is 0.713. The van der Waals surface area contributed by atoms with Crippen LogP contribution in [0.3, 0.4) is 0 Å². The number of carbonyl (C=O) groups excluding carboxylic acids is 3. The van der Waals surface area contributed by atoms with Crippen LogP contribution >= 0.6 is 0 Å². The molecule has 1 heterocycles. The number of ether oxygens (including phenoxy) is 3. The highest BCUT2D eigenvalue weighted by Gasteiger charge is 2.44. The molecule has 8 nitrogen and oxygen atoms in total. The maximum Gasteiger partial charge on any atom is 0.408 e. The van der Waals surface area contributed by atoms with Crippen molar-refractivity contribution >= 4 is 28.7 Å². The van der Waals surface area contributed by atoms with Gasteiger partial charge in [-0.25, -0.2) is 9.59 Å². The minimum Gasteiger partial charge on any atom is -0.460 e. The topological polar surface area (TPSA) is 94.2 Å². The third-order valence-electron chi connectivity index (χ3n) is 6.12. The molecule has 1 aliphatic rings. The molecule has 1 N–H and O–H groups in total. The van der Waals surface area contributed by atoms with Crippen LogP contribution in [0.25, 0.3) is 10.8 Å². The first-order valence-electron chi connectivity index (χ1n) is 12.7. The fourth-order valence-electron chi connectivity index (χ4n) is 4.38. The van der Waals surface area contributed by atoms with Gasteiger partial charge < -0.3 is 24.4 Å². The Labute approximate surface area is 218 Å². The molecule has 2 amide bonds. The van der Waals surface area contributed by atoms with E-state index in [-0.39, 0.29) is 31.1 Å². The maximum atomic E-state index is 13.6. The molecule has 37 heavy (non-hydrogen) atoms. The Morgan fingerprint density at radius 2 is 1.84 bits per heavy atom. The van der Waals surface area contributed by atoms with Crippen molar-refractivity contribution in [3.05, 3.63) is 60.7 Å². The van der Waals surface area contributed by atoms with Gasteiger partial charge in [-0.05, 0) is 43.0 Å². The number of amides is 2. The molecule has 0 aliphatic carbocycles. The summed E-state index contributed by atoms with van der Waals surface area (Å²) in [5, 5.41) is 4.90.